The Morgan fingerprint density at radius 3 is 2.00 bits per heavy atom. The fourth-order valence-electron chi connectivity index (χ4n) is 1.03. The van der Waals surface area contributed by atoms with Crippen molar-refractivity contribution in [1.29, 1.82) is 0 Å². The zero-order chi connectivity index (χ0) is 12.1. The van der Waals surface area contributed by atoms with Crippen LogP contribution in [0.2, 0.25) is 0 Å². The van der Waals surface area contributed by atoms with Crippen LogP contribution in [0.25, 0.3) is 0 Å². The largest absolute Gasteiger partial charge is 0.385 e. The second-order valence-electron chi connectivity index (χ2n) is 3.41. The summed E-state index contributed by atoms with van der Waals surface area (Å²) in [5.74, 6) is 0. The minimum Gasteiger partial charge on any atom is -0.385 e. The lowest BCUT2D eigenvalue weighted by molar-refractivity contribution is 0.0950. The fraction of sp³-hybridized carbons (Fsp3) is 0.800. The number of hydrogen-bond acceptors (Lipinski definition) is 4. The van der Waals surface area contributed by atoms with Crippen LogP contribution in [-0.2, 0) is 13.6 Å². The van der Waals surface area contributed by atoms with Gasteiger partial charge in [0.1, 0.15) is 0 Å². The highest BCUT2D eigenvalue weighted by Crippen LogP contribution is 2.59. The average molecular weight is 236 g/mol. The summed E-state index contributed by atoms with van der Waals surface area (Å²) in [5, 5.41) is 10.1. The zero-order valence-corrected chi connectivity index (χ0v) is 10.8. The van der Waals surface area contributed by atoms with Crippen LogP contribution in [0.1, 0.15) is 34.1 Å². The van der Waals surface area contributed by atoms with Gasteiger partial charge in [-0.1, -0.05) is 13.5 Å². The van der Waals surface area contributed by atoms with E-state index < -0.39 is 13.2 Å². The van der Waals surface area contributed by atoms with Gasteiger partial charge in [0.2, 0.25) is 0 Å². The molecule has 15 heavy (non-hydrogen) atoms. The summed E-state index contributed by atoms with van der Waals surface area (Å²) in [5.41, 5.74) is -1.22. The van der Waals surface area contributed by atoms with Crippen molar-refractivity contribution < 1.29 is 18.7 Å². The third-order valence-corrected chi connectivity index (χ3v) is 4.58. The Morgan fingerprint density at radius 1 is 1.33 bits per heavy atom. The van der Waals surface area contributed by atoms with Gasteiger partial charge in [0, 0.05) is 0 Å². The summed E-state index contributed by atoms with van der Waals surface area (Å²) in [7, 11) is -3.39. The molecule has 0 saturated carbocycles. The molecule has 0 aromatic heterocycles. The van der Waals surface area contributed by atoms with E-state index >= 15 is 0 Å². The first-order chi connectivity index (χ1) is 6.84. The number of rotatable bonds is 7. The first kappa shape index (κ1) is 14.8. The molecule has 1 unspecified atom stereocenters. The Hall–Kier alpha value is -0.150. The Balaban J connectivity index is 4.93. The van der Waals surface area contributed by atoms with Crippen LogP contribution in [0.5, 0.6) is 0 Å². The van der Waals surface area contributed by atoms with Gasteiger partial charge >= 0.3 is 7.60 Å². The van der Waals surface area contributed by atoms with Crippen molar-refractivity contribution in [1.82, 2.24) is 0 Å². The molecule has 1 N–H and O–H groups in total. The van der Waals surface area contributed by atoms with Gasteiger partial charge in [-0.05, 0) is 27.2 Å². The van der Waals surface area contributed by atoms with Gasteiger partial charge in [0.05, 0.1) is 24.1 Å². The minimum absolute atomic E-state index is 0.126. The standard InChI is InChI=1S/C10H21O4P/c1-6-10(5,11)9(4)15(12,13-7-2)14-8-3/h11H,4,6-8H2,1-3,5H3. The lowest BCUT2D eigenvalue weighted by atomic mass is 10.0. The number of aliphatic hydroxyl groups is 1. The van der Waals surface area contributed by atoms with E-state index in [1.807, 2.05) is 0 Å². The number of hydrogen-bond donors (Lipinski definition) is 1. The van der Waals surface area contributed by atoms with Crippen molar-refractivity contribution in [3.05, 3.63) is 11.9 Å². The highest BCUT2D eigenvalue weighted by atomic mass is 31.2. The topological polar surface area (TPSA) is 55.8 Å². The van der Waals surface area contributed by atoms with E-state index in [1.54, 1.807) is 27.7 Å². The van der Waals surface area contributed by atoms with Crippen LogP contribution in [0.4, 0.5) is 0 Å². The van der Waals surface area contributed by atoms with Crippen molar-refractivity contribution in [3.8, 4) is 0 Å². The van der Waals surface area contributed by atoms with Gasteiger partial charge in [0.25, 0.3) is 0 Å². The molecule has 4 nitrogen and oxygen atoms in total. The summed E-state index contributed by atoms with van der Waals surface area (Å²) >= 11 is 0. The summed E-state index contributed by atoms with van der Waals surface area (Å²) in [6, 6.07) is 0. The molecule has 0 aromatic rings. The van der Waals surface area contributed by atoms with Crippen molar-refractivity contribution in [2.75, 3.05) is 13.2 Å². The van der Waals surface area contributed by atoms with Gasteiger partial charge in [-0.25, -0.2) is 0 Å². The Morgan fingerprint density at radius 2 is 1.73 bits per heavy atom. The van der Waals surface area contributed by atoms with E-state index in [2.05, 4.69) is 6.58 Å². The minimum atomic E-state index is -3.39. The van der Waals surface area contributed by atoms with E-state index in [-0.39, 0.29) is 18.5 Å². The predicted octanol–water partition coefficient (Wildman–Crippen LogP) is 2.93. The molecule has 0 aromatic carbocycles. The molecule has 0 fully saturated rings. The molecule has 90 valence electrons. The van der Waals surface area contributed by atoms with Crippen LogP contribution in [-0.4, -0.2) is 23.9 Å². The summed E-state index contributed by atoms with van der Waals surface area (Å²) < 4.78 is 22.4. The molecule has 0 aliphatic rings. The molecule has 0 aliphatic carbocycles. The molecular formula is C10H21O4P. The summed E-state index contributed by atoms with van der Waals surface area (Å²) in [6.07, 6.45) is 0.413. The highest BCUT2D eigenvalue weighted by Gasteiger charge is 2.38. The van der Waals surface area contributed by atoms with Crippen LogP contribution in [0.15, 0.2) is 11.9 Å². The molecule has 0 rings (SSSR count). The molecular weight excluding hydrogens is 215 g/mol. The molecule has 1 atom stereocenters. The van der Waals surface area contributed by atoms with Crippen molar-refractivity contribution in [2.24, 2.45) is 0 Å². The Labute approximate surface area is 91.8 Å². The van der Waals surface area contributed by atoms with Crippen molar-refractivity contribution in [2.45, 2.75) is 39.7 Å². The molecule has 0 radical (unpaired) electrons. The second kappa shape index (κ2) is 5.80. The van der Waals surface area contributed by atoms with Gasteiger partial charge < -0.3 is 14.2 Å². The lowest BCUT2D eigenvalue weighted by Crippen LogP contribution is -2.26. The summed E-state index contributed by atoms with van der Waals surface area (Å²) in [6.45, 7) is 10.9. The molecule has 5 heteroatoms. The van der Waals surface area contributed by atoms with E-state index in [0.717, 1.165) is 0 Å². The van der Waals surface area contributed by atoms with Crippen LogP contribution < -0.4 is 0 Å². The van der Waals surface area contributed by atoms with Gasteiger partial charge in [-0.15, -0.1) is 0 Å². The van der Waals surface area contributed by atoms with Crippen LogP contribution in [0.3, 0.4) is 0 Å². The fourth-order valence-corrected chi connectivity index (χ4v) is 2.85. The summed E-state index contributed by atoms with van der Waals surface area (Å²) in [4.78, 5) is 0. The highest BCUT2D eigenvalue weighted by molar-refractivity contribution is 7.58. The van der Waals surface area contributed by atoms with E-state index in [4.69, 9.17) is 9.05 Å². The smallest absolute Gasteiger partial charge is 0.359 e. The second-order valence-corrected chi connectivity index (χ2v) is 5.46. The Bertz CT molecular complexity index is 250. The molecule has 0 amide bonds. The van der Waals surface area contributed by atoms with E-state index in [9.17, 15) is 9.67 Å². The van der Waals surface area contributed by atoms with Crippen molar-refractivity contribution >= 4 is 7.60 Å². The maximum absolute atomic E-state index is 12.2. The van der Waals surface area contributed by atoms with Gasteiger partial charge in [-0.3, -0.25) is 4.57 Å². The Kier molecular flexibility index (Phi) is 5.75. The van der Waals surface area contributed by atoms with E-state index in [1.165, 1.54) is 0 Å². The average Bonchev–Trinajstić information content (AvgIpc) is 2.17. The van der Waals surface area contributed by atoms with Gasteiger partial charge in [-0.2, -0.15) is 0 Å². The molecule has 0 bridgehead atoms. The third kappa shape index (κ3) is 3.72. The quantitative estimate of drug-likeness (QED) is 0.690. The molecule has 0 saturated heterocycles. The maximum Gasteiger partial charge on any atom is 0.359 e. The molecule has 0 spiro atoms. The predicted molar refractivity (Wildman–Crippen MR) is 60.9 cm³/mol. The van der Waals surface area contributed by atoms with E-state index in [0.29, 0.717) is 6.42 Å². The van der Waals surface area contributed by atoms with Crippen LogP contribution in [0, 0.1) is 0 Å². The van der Waals surface area contributed by atoms with Crippen molar-refractivity contribution in [3.63, 3.8) is 0 Å². The van der Waals surface area contributed by atoms with Gasteiger partial charge in [0.15, 0.2) is 0 Å². The monoisotopic (exact) mass is 236 g/mol. The normalized spacial score (nSPS) is 16.1. The maximum atomic E-state index is 12.2. The zero-order valence-electron chi connectivity index (χ0n) is 9.95. The third-order valence-electron chi connectivity index (χ3n) is 2.24. The molecule has 0 aliphatic heterocycles. The lowest BCUT2D eigenvalue weighted by Gasteiger charge is -2.29. The molecule has 0 heterocycles. The first-order valence-corrected chi connectivity index (χ1v) is 6.69. The van der Waals surface area contributed by atoms with Crippen LogP contribution >= 0.6 is 7.60 Å². The SMILES string of the molecule is C=C(C(C)(O)CC)P(=O)(OCC)OCC. The first-order valence-electron chi connectivity index (χ1n) is 5.15.